The van der Waals surface area contributed by atoms with Gasteiger partial charge in [-0.15, -0.1) is 0 Å². The molecule has 2 rings (SSSR count). The molecule has 0 fully saturated rings. The maximum absolute atomic E-state index is 4.66. The molecule has 1 aliphatic rings. The lowest BCUT2D eigenvalue weighted by atomic mass is 10.2. The number of hydrogen-bond donors (Lipinski definition) is 1. The number of aryl methyl sites for hydroxylation is 1. The number of anilines is 1. The number of hydrogen-bond acceptors (Lipinski definition) is 4. The van der Waals surface area contributed by atoms with Gasteiger partial charge in [-0.1, -0.05) is 6.92 Å². The summed E-state index contributed by atoms with van der Waals surface area (Å²) in [6, 6.07) is 0. The number of nitrogens with one attached hydrogen (secondary N) is 1. The van der Waals surface area contributed by atoms with Crippen molar-refractivity contribution in [1.82, 2.24) is 9.97 Å². The van der Waals surface area contributed by atoms with Crippen LogP contribution in [0.25, 0.3) is 0 Å². The number of aromatic nitrogens is 2. The Bertz CT molecular complexity index is 366. The van der Waals surface area contributed by atoms with Crippen molar-refractivity contribution in [2.24, 2.45) is 0 Å². The molecule has 0 aromatic carbocycles. The first kappa shape index (κ1) is 11.7. The molecule has 0 amide bonds. The Kier molecular flexibility index (Phi) is 4.04. The molecule has 1 aromatic heterocycles. The van der Waals surface area contributed by atoms with Gasteiger partial charge in [0.2, 0.25) is 0 Å². The van der Waals surface area contributed by atoms with Crippen LogP contribution in [0.1, 0.15) is 36.8 Å². The van der Waals surface area contributed by atoms with Gasteiger partial charge in [-0.3, -0.25) is 0 Å². The Labute approximate surface area is 101 Å². The standard InChI is InChI=1S/C12H19N3S/c1-3-7-16-8-11-14-10-6-4-5-9(10)12(13-2)15-11/h3-8H2,1-2H3,(H,13,14,15). The van der Waals surface area contributed by atoms with Crippen LogP contribution in [0.2, 0.25) is 0 Å². The van der Waals surface area contributed by atoms with Crippen molar-refractivity contribution in [3.05, 3.63) is 17.1 Å². The van der Waals surface area contributed by atoms with E-state index in [9.17, 15) is 0 Å². The van der Waals surface area contributed by atoms with Gasteiger partial charge in [0.1, 0.15) is 11.6 Å². The maximum atomic E-state index is 4.66. The Morgan fingerprint density at radius 2 is 2.19 bits per heavy atom. The van der Waals surface area contributed by atoms with E-state index in [-0.39, 0.29) is 0 Å². The Morgan fingerprint density at radius 3 is 2.94 bits per heavy atom. The zero-order valence-electron chi connectivity index (χ0n) is 10.0. The monoisotopic (exact) mass is 237 g/mol. The van der Waals surface area contributed by atoms with Gasteiger partial charge >= 0.3 is 0 Å². The van der Waals surface area contributed by atoms with Gasteiger partial charge < -0.3 is 5.32 Å². The molecule has 0 aliphatic heterocycles. The molecule has 0 atom stereocenters. The quantitative estimate of drug-likeness (QED) is 0.799. The van der Waals surface area contributed by atoms with Crippen LogP contribution in [-0.2, 0) is 18.6 Å². The third kappa shape index (κ3) is 2.48. The van der Waals surface area contributed by atoms with E-state index in [0.29, 0.717) is 0 Å². The maximum Gasteiger partial charge on any atom is 0.140 e. The van der Waals surface area contributed by atoms with Gasteiger partial charge in [0.25, 0.3) is 0 Å². The summed E-state index contributed by atoms with van der Waals surface area (Å²) in [5.74, 6) is 4.17. The van der Waals surface area contributed by atoms with E-state index in [1.807, 2.05) is 18.8 Å². The van der Waals surface area contributed by atoms with Crippen molar-refractivity contribution in [3.8, 4) is 0 Å². The fraction of sp³-hybridized carbons (Fsp3) is 0.667. The van der Waals surface area contributed by atoms with E-state index in [2.05, 4.69) is 22.2 Å². The Hall–Kier alpha value is -0.770. The van der Waals surface area contributed by atoms with Crippen molar-refractivity contribution in [3.63, 3.8) is 0 Å². The van der Waals surface area contributed by atoms with E-state index >= 15 is 0 Å². The molecule has 88 valence electrons. The summed E-state index contributed by atoms with van der Waals surface area (Å²) < 4.78 is 0. The summed E-state index contributed by atoms with van der Waals surface area (Å²) >= 11 is 1.92. The number of thioether (sulfide) groups is 1. The predicted molar refractivity (Wildman–Crippen MR) is 70.1 cm³/mol. The van der Waals surface area contributed by atoms with Crippen LogP contribution in [0, 0.1) is 0 Å². The van der Waals surface area contributed by atoms with Crippen LogP contribution in [0.5, 0.6) is 0 Å². The second-order valence-electron chi connectivity index (χ2n) is 4.07. The summed E-state index contributed by atoms with van der Waals surface area (Å²) in [7, 11) is 1.95. The normalized spacial score (nSPS) is 13.9. The summed E-state index contributed by atoms with van der Waals surface area (Å²) in [5.41, 5.74) is 2.61. The molecule has 16 heavy (non-hydrogen) atoms. The molecule has 0 saturated heterocycles. The largest absolute Gasteiger partial charge is 0.373 e. The molecule has 3 nitrogen and oxygen atoms in total. The summed E-state index contributed by atoms with van der Waals surface area (Å²) in [6.07, 6.45) is 4.70. The molecule has 1 heterocycles. The average molecular weight is 237 g/mol. The summed E-state index contributed by atoms with van der Waals surface area (Å²) in [4.78, 5) is 9.25. The van der Waals surface area contributed by atoms with Gasteiger partial charge in [-0.25, -0.2) is 9.97 Å². The van der Waals surface area contributed by atoms with Crippen molar-refractivity contribution >= 4 is 17.6 Å². The van der Waals surface area contributed by atoms with E-state index in [1.165, 1.54) is 29.9 Å². The third-order valence-corrected chi connectivity index (χ3v) is 3.96. The van der Waals surface area contributed by atoms with Crippen LogP contribution in [-0.4, -0.2) is 22.8 Å². The number of nitrogens with zero attached hydrogens (tertiary/aromatic N) is 2. The topological polar surface area (TPSA) is 37.8 Å². The Morgan fingerprint density at radius 1 is 1.31 bits per heavy atom. The van der Waals surface area contributed by atoms with E-state index in [0.717, 1.165) is 30.2 Å². The van der Waals surface area contributed by atoms with Crippen LogP contribution in [0.3, 0.4) is 0 Å². The first-order valence-electron chi connectivity index (χ1n) is 5.99. The van der Waals surface area contributed by atoms with Gasteiger partial charge in [-0.2, -0.15) is 11.8 Å². The number of rotatable bonds is 5. The molecular weight excluding hydrogens is 218 g/mol. The van der Waals surface area contributed by atoms with E-state index < -0.39 is 0 Å². The smallest absolute Gasteiger partial charge is 0.140 e. The van der Waals surface area contributed by atoms with E-state index in [4.69, 9.17) is 0 Å². The minimum Gasteiger partial charge on any atom is -0.373 e. The van der Waals surface area contributed by atoms with Crippen LogP contribution >= 0.6 is 11.8 Å². The Balaban J connectivity index is 2.14. The zero-order valence-corrected chi connectivity index (χ0v) is 10.9. The first-order chi connectivity index (χ1) is 7.85. The molecule has 4 heteroatoms. The van der Waals surface area contributed by atoms with Gasteiger partial charge in [0.05, 0.1) is 5.75 Å². The SMILES string of the molecule is CCCSCc1nc2c(c(NC)n1)CCC2. The average Bonchev–Trinajstić information content (AvgIpc) is 2.76. The highest BCUT2D eigenvalue weighted by molar-refractivity contribution is 7.98. The minimum absolute atomic E-state index is 0.940. The minimum atomic E-state index is 0.940. The van der Waals surface area contributed by atoms with Crippen LogP contribution in [0.4, 0.5) is 5.82 Å². The van der Waals surface area contributed by atoms with Crippen molar-refractivity contribution < 1.29 is 0 Å². The second-order valence-corrected chi connectivity index (χ2v) is 5.17. The molecule has 0 radical (unpaired) electrons. The highest BCUT2D eigenvalue weighted by atomic mass is 32.2. The lowest BCUT2D eigenvalue weighted by Crippen LogP contribution is -2.05. The van der Waals surface area contributed by atoms with E-state index in [1.54, 1.807) is 0 Å². The molecule has 0 bridgehead atoms. The van der Waals surface area contributed by atoms with Gasteiger partial charge in [0.15, 0.2) is 0 Å². The molecule has 1 aromatic rings. The lowest BCUT2D eigenvalue weighted by molar-refractivity contribution is 0.893. The second kappa shape index (κ2) is 5.53. The van der Waals surface area contributed by atoms with Gasteiger partial charge in [-0.05, 0) is 31.4 Å². The summed E-state index contributed by atoms with van der Waals surface area (Å²) in [5, 5.41) is 3.20. The third-order valence-electron chi connectivity index (χ3n) is 2.80. The highest BCUT2D eigenvalue weighted by Crippen LogP contribution is 2.26. The molecule has 1 N–H and O–H groups in total. The zero-order chi connectivity index (χ0) is 11.4. The van der Waals surface area contributed by atoms with Crippen molar-refractivity contribution in [2.45, 2.75) is 38.4 Å². The molecule has 0 spiro atoms. The van der Waals surface area contributed by atoms with Gasteiger partial charge in [0, 0.05) is 18.3 Å². The molecular formula is C12H19N3S. The van der Waals surface area contributed by atoms with Crippen LogP contribution in [0.15, 0.2) is 0 Å². The fourth-order valence-corrected chi connectivity index (χ4v) is 2.81. The predicted octanol–water partition coefficient (Wildman–Crippen LogP) is 2.65. The molecule has 0 unspecified atom stereocenters. The lowest BCUT2D eigenvalue weighted by Gasteiger charge is -2.09. The summed E-state index contributed by atoms with van der Waals surface area (Å²) in [6.45, 7) is 2.20. The first-order valence-corrected chi connectivity index (χ1v) is 7.14. The van der Waals surface area contributed by atoms with Crippen LogP contribution < -0.4 is 5.32 Å². The molecule has 0 saturated carbocycles. The number of fused-ring (bicyclic) bond motifs is 1. The molecule has 1 aliphatic carbocycles. The van der Waals surface area contributed by atoms with Crippen molar-refractivity contribution in [1.29, 1.82) is 0 Å². The highest BCUT2D eigenvalue weighted by Gasteiger charge is 2.18. The van der Waals surface area contributed by atoms with Crippen molar-refractivity contribution in [2.75, 3.05) is 18.1 Å². The fourth-order valence-electron chi connectivity index (χ4n) is 2.06.